The highest BCUT2D eigenvalue weighted by atomic mass is 16.3. The normalized spacial score (nSPS) is 15.2. The Hall–Kier alpha value is -3.19. The van der Waals surface area contributed by atoms with Gasteiger partial charge in [0.1, 0.15) is 5.60 Å². The van der Waals surface area contributed by atoms with Gasteiger partial charge in [0.25, 0.3) is 0 Å². The summed E-state index contributed by atoms with van der Waals surface area (Å²) in [5.74, 6) is -1.85. The number of hydrogen-bond acceptors (Lipinski definition) is 4. The van der Waals surface area contributed by atoms with Crippen LogP contribution >= 0.6 is 0 Å². The molecule has 1 saturated carbocycles. The molecule has 4 N–H and O–H groups in total. The molecule has 0 aromatic heterocycles. The zero-order valence-electron chi connectivity index (χ0n) is 15.6. The van der Waals surface area contributed by atoms with Crippen molar-refractivity contribution in [3.05, 3.63) is 60.2 Å². The summed E-state index contributed by atoms with van der Waals surface area (Å²) in [5, 5.41) is 18.7. The van der Waals surface area contributed by atoms with Crippen molar-refractivity contribution in [2.75, 3.05) is 17.2 Å². The van der Waals surface area contributed by atoms with Crippen LogP contribution in [0.1, 0.15) is 25.3 Å². The summed E-state index contributed by atoms with van der Waals surface area (Å²) in [5.41, 5.74) is 0.425. The van der Waals surface area contributed by atoms with Crippen molar-refractivity contribution < 1.29 is 19.5 Å². The van der Waals surface area contributed by atoms with Crippen LogP contribution in [0.5, 0.6) is 0 Å². The third kappa shape index (κ3) is 4.75. The Bertz CT molecular complexity index is 880. The van der Waals surface area contributed by atoms with Crippen molar-refractivity contribution in [3.8, 4) is 0 Å². The molecule has 7 heteroatoms. The van der Waals surface area contributed by atoms with E-state index in [4.69, 9.17) is 0 Å². The molecule has 28 heavy (non-hydrogen) atoms. The second-order valence-electron chi connectivity index (χ2n) is 6.96. The molecule has 0 heterocycles. The van der Waals surface area contributed by atoms with Gasteiger partial charge in [-0.2, -0.15) is 0 Å². The molecule has 2 aromatic carbocycles. The predicted molar refractivity (Wildman–Crippen MR) is 105 cm³/mol. The first-order valence-corrected chi connectivity index (χ1v) is 9.13. The minimum atomic E-state index is -1.19. The van der Waals surface area contributed by atoms with Crippen molar-refractivity contribution >= 4 is 29.1 Å². The minimum Gasteiger partial charge on any atom is -0.383 e. The van der Waals surface area contributed by atoms with Gasteiger partial charge in [0, 0.05) is 18.3 Å². The van der Waals surface area contributed by atoms with Gasteiger partial charge in [-0.05, 0) is 42.5 Å². The topological polar surface area (TPSA) is 108 Å². The summed E-state index contributed by atoms with van der Waals surface area (Å²) in [6, 6.07) is 15.7. The van der Waals surface area contributed by atoms with Crippen LogP contribution in [0, 0.1) is 5.92 Å². The fourth-order valence-corrected chi connectivity index (χ4v) is 3.13. The van der Waals surface area contributed by atoms with Crippen LogP contribution in [-0.4, -0.2) is 29.4 Å². The van der Waals surface area contributed by atoms with Gasteiger partial charge in [-0.15, -0.1) is 0 Å². The van der Waals surface area contributed by atoms with Gasteiger partial charge < -0.3 is 21.1 Å². The van der Waals surface area contributed by atoms with Crippen molar-refractivity contribution in [2.45, 2.75) is 25.4 Å². The third-order valence-electron chi connectivity index (χ3n) is 4.69. The van der Waals surface area contributed by atoms with Gasteiger partial charge in [0.2, 0.25) is 5.91 Å². The lowest BCUT2D eigenvalue weighted by Gasteiger charge is -2.29. The van der Waals surface area contributed by atoms with E-state index in [2.05, 4.69) is 16.0 Å². The molecule has 1 aliphatic carbocycles. The molecule has 1 fully saturated rings. The molecule has 1 aliphatic rings. The maximum absolute atomic E-state index is 12.2. The lowest BCUT2D eigenvalue weighted by Crippen LogP contribution is -2.45. The fourth-order valence-electron chi connectivity index (χ4n) is 3.13. The summed E-state index contributed by atoms with van der Waals surface area (Å²) < 4.78 is 0. The van der Waals surface area contributed by atoms with Crippen LogP contribution in [0.4, 0.5) is 11.4 Å². The van der Waals surface area contributed by atoms with Gasteiger partial charge in [-0.1, -0.05) is 36.4 Å². The fraction of sp³-hybridized carbons (Fsp3) is 0.286. The SMILES string of the molecule is CC(=O)Nc1cccc(NC(=O)C(=O)NCC(O)(c2ccccc2)C2CC2)c1. The number of aliphatic hydroxyl groups is 1. The molecule has 0 saturated heterocycles. The Labute approximate surface area is 163 Å². The van der Waals surface area contributed by atoms with Crippen LogP contribution < -0.4 is 16.0 Å². The average Bonchev–Trinajstić information content (AvgIpc) is 3.52. The van der Waals surface area contributed by atoms with E-state index < -0.39 is 17.4 Å². The molecule has 0 aliphatic heterocycles. The highest BCUT2D eigenvalue weighted by Crippen LogP contribution is 2.45. The number of hydrogen-bond donors (Lipinski definition) is 4. The molecule has 7 nitrogen and oxygen atoms in total. The molecule has 3 amide bonds. The molecule has 2 aromatic rings. The van der Waals surface area contributed by atoms with E-state index in [9.17, 15) is 19.5 Å². The molecule has 1 atom stereocenters. The summed E-state index contributed by atoms with van der Waals surface area (Å²) in [6.45, 7) is 1.34. The number of rotatable bonds is 6. The van der Waals surface area contributed by atoms with Crippen LogP contribution in [0.15, 0.2) is 54.6 Å². The van der Waals surface area contributed by atoms with E-state index in [-0.39, 0.29) is 18.4 Å². The average molecular weight is 381 g/mol. The number of benzene rings is 2. The molecular formula is C21H23N3O4. The van der Waals surface area contributed by atoms with E-state index in [1.54, 1.807) is 24.3 Å². The number of carbonyl (C=O) groups excluding carboxylic acids is 3. The standard InChI is InChI=1S/C21H23N3O4/c1-14(25)23-17-8-5-9-18(12-17)24-20(27)19(26)22-13-21(28,16-10-11-16)15-6-3-2-4-7-15/h2-9,12,16,28H,10-11,13H2,1H3,(H,22,26)(H,23,25)(H,24,27). The van der Waals surface area contributed by atoms with Crippen LogP contribution in [0.25, 0.3) is 0 Å². The molecule has 0 radical (unpaired) electrons. The van der Waals surface area contributed by atoms with E-state index in [1.807, 2.05) is 30.3 Å². The van der Waals surface area contributed by atoms with Crippen molar-refractivity contribution in [1.29, 1.82) is 0 Å². The van der Waals surface area contributed by atoms with Gasteiger partial charge in [-0.25, -0.2) is 0 Å². The zero-order chi connectivity index (χ0) is 20.1. The molecular weight excluding hydrogens is 358 g/mol. The van der Waals surface area contributed by atoms with Crippen molar-refractivity contribution in [1.82, 2.24) is 5.32 Å². The van der Waals surface area contributed by atoms with Crippen molar-refractivity contribution in [3.63, 3.8) is 0 Å². The molecule has 3 rings (SSSR count). The van der Waals surface area contributed by atoms with E-state index >= 15 is 0 Å². The highest BCUT2D eigenvalue weighted by molar-refractivity contribution is 6.39. The monoisotopic (exact) mass is 381 g/mol. The Morgan fingerprint density at radius 3 is 2.21 bits per heavy atom. The van der Waals surface area contributed by atoms with Gasteiger partial charge in [-0.3, -0.25) is 14.4 Å². The van der Waals surface area contributed by atoms with Gasteiger partial charge in [0.15, 0.2) is 0 Å². The van der Waals surface area contributed by atoms with Crippen LogP contribution in [0.2, 0.25) is 0 Å². The van der Waals surface area contributed by atoms with E-state index in [0.29, 0.717) is 11.4 Å². The first-order chi connectivity index (χ1) is 13.4. The second kappa shape index (κ2) is 8.22. The molecule has 0 spiro atoms. The Morgan fingerprint density at radius 1 is 0.964 bits per heavy atom. The molecule has 1 unspecified atom stereocenters. The van der Waals surface area contributed by atoms with E-state index in [0.717, 1.165) is 18.4 Å². The maximum atomic E-state index is 12.2. The summed E-state index contributed by atoms with van der Waals surface area (Å²) in [6.07, 6.45) is 1.76. The second-order valence-corrected chi connectivity index (χ2v) is 6.96. The quantitative estimate of drug-likeness (QED) is 0.574. The largest absolute Gasteiger partial charge is 0.383 e. The van der Waals surface area contributed by atoms with Crippen molar-refractivity contribution in [2.24, 2.45) is 5.92 Å². The lowest BCUT2D eigenvalue weighted by atomic mass is 9.88. The van der Waals surface area contributed by atoms with Crippen LogP contribution in [0.3, 0.4) is 0 Å². The summed E-state index contributed by atoms with van der Waals surface area (Å²) in [7, 11) is 0. The Morgan fingerprint density at radius 2 is 1.61 bits per heavy atom. The van der Waals surface area contributed by atoms with Gasteiger partial charge >= 0.3 is 11.8 Å². The van der Waals surface area contributed by atoms with Gasteiger partial charge in [0.05, 0.1) is 6.54 Å². The Balaban J connectivity index is 1.61. The smallest absolute Gasteiger partial charge is 0.313 e. The highest BCUT2D eigenvalue weighted by Gasteiger charge is 2.45. The number of nitrogens with one attached hydrogen (secondary N) is 3. The number of anilines is 2. The first kappa shape index (κ1) is 19.6. The maximum Gasteiger partial charge on any atom is 0.313 e. The first-order valence-electron chi connectivity index (χ1n) is 9.13. The molecule has 0 bridgehead atoms. The Kier molecular flexibility index (Phi) is 5.75. The minimum absolute atomic E-state index is 0.0418. The third-order valence-corrected chi connectivity index (χ3v) is 4.69. The van der Waals surface area contributed by atoms with E-state index in [1.165, 1.54) is 6.92 Å². The molecule has 146 valence electrons. The summed E-state index contributed by atoms with van der Waals surface area (Å²) in [4.78, 5) is 35.5. The lowest BCUT2D eigenvalue weighted by molar-refractivity contribution is -0.137. The zero-order valence-corrected chi connectivity index (χ0v) is 15.6. The predicted octanol–water partition coefficient (Wildman–Crippen LogP) is 2.00. The van der Waals surface area contributed by atoms with Crippen LogP contribution in [-0.2, 0) is 20.0 Å². The number of amides is 3. The summed E-state index contributed by atoms with van der Waals surface area (Å²) >= 11 is 0. The number of carbonyl (C=O) groups is 3.